The van der Waals surface area contributed by atoms with Gasteiger partial charge in [0, 0.05) is 4.47 Å². The molecule has 0 fully saturated rings. The highest BCUT2D eigenvalue weighted by Crippen LogP contribution is 2.29. The summed E-state index contributed by atoms with van der Waals surface area (Å²) in [6.45, 7) is -0.142. The molecule has 0 aliphatic carbocycles. The van der Waals surface area contributed by atoms with Gasteiger partial charge in [-0.25, -0.2) is 22.0 Å². The minimum atomic E-state index is -2.33. The quantitative estimate of drug-likeness (QED) is 0.259. The summed E-state index contributed by atoms with van der Waals surface area (Å²) in [5, 5.41) is 1.92. The van der Waals surface area contributed by atoms with Crippen LogP contribution in [0.2, 0.25) is 5.02 Å². The Balaban J connectivity index is 1.73. The molecule has 0 unspecified atom stereocenters. The number of rotatable bonds is 5. The van der Waals surface area contributed by atoms with Crippen LogP contribution in [0.4, 0.5) is 27.6 Å². The number of carbonyl (C=O) groups excluding carboxylic acids is 1. The van der Waals surface area contributed by atoms with Crippen LogP contribution in [0.3, 0.4) is 0 Å². The fraction of sp³-hybridized carbons (Fsp3) is 0.0556. The van der Waals surface area contributed by atoms with Crippen LogP contribution < -0.4 is 10.1 Å². The molecule has 0 saturated carbocycles. The van der Waals surface area contributed by atoms with E-state index in [9.17, 15) is 26.7 Å². The van der Waals surface area contributed by atoms with Gasteiger partial charge in [0.15, 0.2) is 29.0 Å². The van der Waals surface area contributed by atoms with E-state index in [0.29, 0.717) is 10.8 Å². The molecule has 0 atom stereocenters. The van der Waals surface area contributed by atoms with Gasteiger partial charge in [-0.05, 0) is 30.3 Å². The Kier molecular flexibility index (Phi) is 6.13. The number of nitrogens with one attached hydrogen (secondary N) is 1. The highest BCUT2D eigenvalue weighted by Gasteiger charge is 2.27. The zero-order chi connectivity index (χ0) is 21.3. The average Bonchev–Trinajstić information content (AvgIpc) is 3.16. The fourth-order valence-corrected chi connectivity index (χ4v) is 2.94. The molecule has 1 N–H and O–H groups in total. The Morgan fingerprint density at radius 1 is 1.00 bits per heavy atom. The van der Waals surface area contributed by atoms with Crippen LogP contribution in [0.1, 0.15) is 16.3 Å². The van der Waals surface area contributed by atoms with Crippen molar-refractivity contribution in [3.05, 3.63) is 80.4 Å². The van der Waals surface area contributed by atoms with Gasteiger partial charge >= 0.3 is 0 Å². The Hall–Kier alpha value is -2.59. The van der Waals surface area contributed by atoms with E-state index in [1.165, 1.54) is 6.07 Å². The Bertz CT molecular complexity index is 1080. The van der Waals surface area contributed by atoms with Crippen LogP contribution in [0.15, 0.2) is 39.2 Å². The summed E-state index contributed by atoms with van der Waals surface area (Å²) in [6.07, 6.45) is 0. The van der Waals surface area contributed by atoms with Gasteiger partial charge in [-0.2, -0.15) is 0 Å². The molecule has 152 valence electrons. The van der Waals surface area contributed by atoms with Gasteiger partial charge in [0.05, 0.1) is 5.02 Å². The molecule has 0 aliphatic rings. The van der Waals surface area contributed by atoms with Crippen molar-refractivity contribution in [1.82, 2.24) is 0 Å². The second-order valence-electron chi connectivity index (χ2n) is 5.53. The smallest absolute Gasteiger partial charge is 0.291 e. The molecular formula is C18H8BrClF5NO3. The Labute approximate surface area is 173 Å². The predicted molar refractivity (Wildman–Crippen MR) is 96.4 cm³/mol. The average molecular weight is 497 g/mol. The first-order chi connectivity index (χ1) is 13.7. The largest absolute Gasteiger partial charge is 0.484 e. The minimum absolute atomic E-state index is 0.142. The van der Waals surface area contributed by atoms with Gasteiger partial charge in [0.1, 0.15) is 23.8 Å². The van der Waals surface area contributed by atoms with Crippen molar-refractivity contribution >= 4 is 39.1 Å². The van der Waals surface area contributed by atoms with Crippen LogP contribution >= 0.6 is 27.5 Å². The number of halogens is 7. The highest BCUT2D eigenvalue weighted by molar-refractivity contribution is 9.10. The molecule has 0 bridgehead atoms. The van der Waals surface area contributed by atoms with E-state index in [2.05, 4.69) is 15.9 Å². The summed E-state index contributed by atoms with van der Waals surface area (Å²) in [7, 11) is 0. The number of hydrogen-bond acceptors (Lipinski definition) is 3. The maximum Gasteiger partial charge on any atom is 0.291 e. The van der Waals surface area contributed by atoms with Crippen LogP contribution in [0.25, 0.3) is 0 Å². The van der Waals surface area contributed by atoms with Gasteiger partial charge in [0.25, 0.3) is 5.91 Å². The molecule has 0 radical (unpaired) electrons. The Morgan fingerprint density at radius 3 is 2.24 bits per heavy atom. The molecule has 3 rings (SSSR count). The second-order valence-corrected chi connectivity index (χ2v) is 6.85. The third-order valence-corrected chi connectivity index (χ3v) is 4.39. The first-order valence-electron chi connectivity index (χ1n) is 7.68. The molecular weight excluding hydrogens is 489 g/mol. The van der Waals surface area contributed by atoms with Gasteiger partial charge in [-0.3, -0.25) is 4.79 Å². The van der Waals surface area contributed by atoms with Crippen molar-refractivity contribution in [2.75, 3.05) is 5.32 Å². The SMILES string of the molecule is O=C(Nc1c(F)c(F)c(F)c(F)c1F)c1ccc(COc2ccc(Br)cc2Cl)o1. The van der Waals surface area contributed by atoms with Crippen molar-refractivity contribution in [1.29, 1.82) is 0 Å². The molecule has 1 aromatic heterocycles. The number of furan rings is 1. The Morgan fingerprint density at radius 2 is 1.62 bits per heavy atom. The van der Waals surface area contributed by atoms with Gasteiger partial charge in [-0.15, -0.1) is 0 Å². The number of ether oxygens (including phenoxy) is 1. The van der Waals surface area contributed by atoms with Crippen LogP contribution in [0, 0.1) is 29.1 Å². The maximum atomic E-state index is 13.7. The third kappa shape index (κ3) is 4.38. The van der Waals surface area contributed by atoms with Crippen LogP contribution in [0.5, 0.6) is 5.75 Å². The zero-order valence-corrected chi connectivity index (χ0v) is 16.3. The lowest BCUT2D eigenvalue weighted by Gasteiger charge is -2.09. The van der Waals surface area contributed by atoms with E-state index in [1.54, 1.807) is 23.5 Å². The lowest BCUT2D eigenvalue weighted by Crippen LogP contribution is -2.16. The van der Waals surface area contributed by atoms with Gasteiger partial charge in [-0.1, -0.05) is 27.5 Å². The maximum absolute atomic E-state index is 13.7. The molecule has 0 aliphatic heterocycles. The molecule has 11 heteroatoms. The lowest BCUT2D eigenvalue weighted by atomic mass is 10.2. The first kappa shape index (κ1) is 21.1. The van der Waals surface area contributed by atoms with E-state index in [4.69, 9.17) is 20.8 Å². The van der Waals surface area contributed by atoms with Crippen molar-refractivity contribution < 1.29 is 35.9 Å². The molecule has 1 heterocycles. The molecule has 4 nitrogen and oxygen atoms in total. The minimum Gasteiger partial charge on any atom is -0.484 e. The normalized spacial score (nSPS) is 10.9. The van der Waals surface area contributed by atoms with Crippen molar-refractivity contribution in [2.45, 2.75) is 6.61 Å². The number of anilines is 1. The van der Waals surface area contributed by atoms with Gasteiger partial charge in [0.2, 0.25) is 5.82 Å². The van der Waals surface area contributed by atoms with E-state index in [1.807, 2.05) is 0 Å². The zero-order valence-electron chi connectivity index (χ0n) is 14.0. The summed E-state index contributed by atoms with van der Waals surface area (Å²) in [5.74, 6) is -12.2. The monoisotopic (exact) mass is 495 g/mol. The second kappa shape index (κ2) is 8.42. The van der Waals surface area contributed by atoms with Crippen LogP contribution in [-0.4, -0.2) is 5.91 Å². The standard InChI is InChI=1S/C18H8BrClF5NO3/c19-7-1-3-10(9(20)5-7)28-6-8-2-4-11(29-8)18(27)26-17-15(24)13(22)12(21)14(23)16(17)25/h1-5H,6H2,(H,26,27). The van der Waals surface area contributed by atoms with Crippen molar-refractivity contribution in [2.24, 2.45) is 0 Å². The number of hydrogen-bond donors (Lipinski definition) is 1. The summed E-state index contributed by atoms with van der Waals surface area (Å²) in [5.41, 5.74) is -1.48. The molecule has 3 aromatic rings. The topological polar surface area (TPSA) is 51.5 Å². The van der Waals surface area contributed by atoms with Crippen LogP contribution in [-0.2, 0) is 6.61 Å². The van der Waals surface area contributed by atoms with E-state index in [0.717, 1.165) is 10.5 Å². The highest BCUT2D eigenvalue weighted by atomic mass is 79.9. The summed E-state index contributed by atoms with van der Waals surface area (Å²) < 4.78 is 78.1. The van der Waals surface area contributed by atoms with E-state index < -0.39 is 46.4 Å². The molecule has 0 saturated heterocycles. The van der Waals surface area contributed by atoms with E-state index in [-0.39, 0.29) is 12.4 Å². The van der Waals surface area contributed by atoms with Crippen molar-refractivity contribution in [3.63, 3.8) is 0 Å². The third-order valence-electron chi connectivity index (χ3n) is 3.60. The van der Waals surface area contributed by atoms with Crippen molar-refractivity contribution in [3.8, 4) is 5.75 Å². The lowest BCUT2D eigenvalue weighted by molar-refractivity contribution is 0.0991. The van der Waals surface area contributed by atoms with Gasteiger partial charge < -0.3 is 14.5 Å². The molecule has 2 aromatic carbocycles. The predicted octanol–water partition coefficient (Wildman–Crippen LogP) is 6.22. The summed E-state index contributed by atoms with van der Waals surface area (Å²) >= 11 is 9.24. The summed E-state index contributed by atoms with van der Waals surface area (Å²) in [6, 6.07) is 7.35. The first-order valence-corrected chi connectivity index (χ1v) is 8.85. The number of carbonyl (C=O) groups is 1. The number of amides is 1. The fourth-order valence-electron chi connectivity index (χ4n) is 2.21. The summed E-state index contributed by atoms with van der Waals surface area (Å²) in [4.78, 5) is 12.1. The van der Waals surface area contributed by atoms with E-state index >= 15 is 0 Å². The molecule has 0 spiro atoms. The number of benzene rings is 2. The molecule has 1 amide bonds. The molecule has 29 heavy (non-hydrogen) atoms.